The fraction of sp³-hybridized carbons (Fsp3) is 0.542. The highest BCUT2D eigenvalue weighted by Gasteiger charge is 2.32. The Hall–Kier alpha value is -6.67. The first-order valence-corrected chi connectivity index (χ1v) is 28.3. The van der Waals surface area contributed by atoms with E-state index in [9.17, 15) is 38.4 Å². The lowest BCUT2D eigenvalue weighted by Crippen LogP contribution is -2.53. The van der Waals surface area contributed by atoms with E-state index >= 15 is 0 Å². The molecule has 0 fully saturated rings. The van der Waals surface area contributed by atoms with Gasteiger partial charge in [0.25, 0.3) is 11.8 Å². The molecule has 5 N–H and O–H groups in total. The van der Waals surface area contributed by atoms with E-state index in [4.69, 9.17) is 28.5 Å². The molecule has 0 heterocycles. The molecule has 0 aliphatic carbocycles. The summed E-state index contributed by atoms with van der Waals surface area (Å²) >= 11 is 2.15. The minimum absolute atomic E-state index is 0.0155. The van der Waals surface area contributed by atoms with Crippen molar-refractivity contribution in [3.63, 3.8) is 0 Å². The molecule has 0 spiro atoms. The molecule has 0 bridgehead atoms. The zero-order valence-electron chi connectivity index (χ0n) is 48.3. The lowest BCUT2D eigenvalue weighted by atomic mass is 9.84. The summed E-state index contributed by atoms with van der Waals surface area (Å²) in [6.07, 6.45) is 2.10. The largest absolute Gasteiger partial charge is 0.484 e. The Bertz CT molecular complexity index is 2420. The van der Waals surface area contributed by atoms with E-state index in [0.717, 1.165) is 5.56 Å². The first-order valence-electron chi connectivity index (χ1n) is 26.2. The summed E-state index contributed by atoms with van der Waals surface area (Å²) in [5.41, 5.74) is -0.732. The molecule has 3 aromatic carbocycles. The fourth-order valence-electron chi connectivity index (χ4n) is 7.46. The Morgan fingerprint density at radius 3 is 1.66 bits per heavy atom. The van der Waals surface area contributed by atoms with E-state index in [2.05, 4.69) is 49.2 Å². The number of ketones is 1. The number of alkyl halides is 1. The van der Waals surface area contributed by atoms with Crippen molar-refractivity contribution < 1.29 is 66.9 Å². The highest BCUT2D eigenvalue weighted by Crippen LogP contribution is 2.25. The molecule has 79 heavy (non-hydrogen) atoms. The molecule has 0 aliphatic rings. The summed E-state index contributed by atoms with van der Waals surface area (Å²) in [5, 5.41) is 14.1. The average molecular weight is 1210 g/mol. The SMILES string of the molecule is CC(C)(C)OC(=O)CC[C@H](NC(=O)N[C@@H](CCCCNC(=O)[C@H](Cc1ccccc1)NC(=O)COc1ccc(C[C@H](CC(=O)CNC(=O)c2ccccc2)C(=O)OC(C)(C)C)cc1)C(C)(C)C)C(=O)OC(C)(C)C.CI.O=C=O. The number of hydrogen-bond donors (Lipinski definition) is 5. The van der Waals surface area contributed by atoms with E-state index in [1.807, 2.05) is 56.0 Å². The van der Waals surface area contributed by atoms with Gasteiger partial charge in [0.2, 0.25) is 5.91 Å². The van der Waals surface area contributed by atoms with E-state index in [1.54, 1.807) is 117 Å². The lowest BCUT2D eigenvalue weighted by molar-refractivity contribution is -0.192. The summed E-state index contributed by atoms with van der Waals surface area (Å²) < 4.78 is 22.4. The summed E-state index contributed by atoms with van der Waals surface area (Å²) in [7, 11) is 0. The molecule has 0 aliphatic heterocycles. The first-order chi connectivity index (χ1) is 36.9. The summed E-state index contributed by atoms with van der Waals surface area (Å²) in [4.78, 5) is 123. The van der Waals surface area contributed by atoms with Gasteiger partial charge >= 0.3 is 30.1 Å². The van der Waals surface area contributed by atoms with Gasteiger partial charge in [0.15, 0.2) is 12.4 Å². The van der Waals surface area contributed by atoms with Crippen LogP contribution in [0.2, 0.25) is 0 Å². The number of unbranched alkanes of at least 4 members (excludes halogenated alkanes) is 1. The van der Waals surface area contributed by atoms with Crippen LogP contribution in [-0.4, -0.2) is 113 Å². The number of hydrogen-bond acceptors (Lipinski definition) is 14. The molecule has 3 aromatic rings. The molecule has 436 valence electrons. The molecular formula is C59H84IN5O14. The normalized spacial score (nSPS) is 12.7. The zero-order chi connectivity index (χ0) is 60.0. The van der Waals surface area contributed by atoms with E-state index in [0.29, 0.717) is 42.7 Å². The van der Waals surface area contributed by atoms with Gasteiger partial charge in [-0.25, -0.2) is 9.59 Å². The van der Waals surface area contributed by atoms with Crippen LogP contribution in [0.1, 0.15) is 143 Å². The van der Waals surface area contributed by atoms with Gasteiger partial charge in [-0.2, -0.15) is 9.59 Å². The van der Waals surface area contributed by atoms with Crippen LogP contribution in [0.4, 0.5) is 4.79 Å². The predicted octanol–water partition coefficient (Wildman–Crippen LogP) is 7.98. The van der Waals surface area contributed by atoms with Crippen molar-refractivity contribution in [3.8, 4) is 5.75 Å². The van der Waals surface area contributed by atoms with E-state index in [1.165, 1.54) is 0 Å². The van der Waals surface area contributed by atoms with Gasteiger partial charge in [-0.1, -0.05) is 104 Å². The number of benzene rings is 3. The van der Waals surface area contributed by atoms with Crippen molar-refractivity contribution in [2.75, 3.05) is 24.6 Å². The molecule has 3 rings (SSSR count). The third kappa shape index (κ3) is 32.1. The number of nitrogens with one attached hydrogen (secondary N) is 5. The number of amides is 5. The minimum Gasteiger partial charge on any atom is -0.484 e. The topological polar surface area (TPSA) is 268 Å². The van der Waals surface area contributed by atoms with Gasteiger partial charge in [0.05, 0.1) is 12.5 Å². The van der Waals surface area contributed by atoms with Crippen LogP contribution in [-0.2, 0) is 65.4 Å². The number of rotatable bonds is 26. The number of Topliss-reactive ketones (excluding diaryl/α,β-unsaturated/α-hetero) is 1. The second kappa shape index (κ2) is 35.1. The maximum atomic E-state index is 13.6. The smallest absolute Gasteiger partial charge is 0.373 e. The summed E-state index contributed by atoms with van der Waals surface area (Å²) in [6.45, 7) is 21.2. The van der Waals surface area contributed by atoms with Crippen LogP contribution < -0.4 is 31.3 Å². The molecule has 0 saturated heterocycles. The predicted molar refractivity (Wildman–Crippen MR) is 307 cm³/mol. The number of carbonyl (C=O) groups excluding carboxylic acids is 10. The Kier molecular flexibility index (Phi) is 31.2. The number of carbonyl (C=O) groups is 8. The quantitative estimate of drug-likeness (QED) is 0.0168. The van der Waals surface area contributed by atoms with Gasteiger partial charge in [-0.15, -0.1) is 0 Å². The number of ether oxygens (including phenoxy) is 4. The Morgan fingerprint density at radius 1 is 0.582 bits per heavy atom. The van der Waals surface area contributed by atoms with Crippen LogP contribution in [0.25, 0.3) is 0 Å². The second-order valence-electron chi connectivity index (χ2n) is 22.6. The van der Waals surface area contributed by atoms with Crippen molar-refractivity contribution in [1.82, 2.24) is 26.6 Å². The molecule has 0 radical (unpaired) electrons. The third-order valence-corrected chi connectivity index (χ3v) is 11.0. The van der Waals surface area contributed by atoms with Gasteiger partial charge in [0.1, 0.15) is 34.6 Å². The van der Waals surface area contributed by atoms with Crippen molar-refractivity contribution >= 4 is 76.2 Å². The van der Waals surface area contributed by atoms with Crippen LogP contribution in [0.5, 0.6) is 5.75 Å². The second-order valence-corrected chi connectivity index (χ2v) is 22.6. The highest BCUT2D eigenvalue weighted by atomic mass is 127. The Labute approximate surface area is 480 Å². The average Bonchev–Trinajstić information content (AvgIpc) is 3.35. The highest BCUT2D eigenvalue weighted by molar-refractivity contribution is 14.1. The number of urea groups is 1. The monoisotopic (exact) mass is 1210 g/mol. The van der Waals surface area contributed by atoms with Gasteiger partial charge in [-0.3, -0.25) is 28.8 Å². The van der Waals surface area contributed by atoms with Crippen molar-refractivity contribution in [2.45, 2.75) is 169 Å². The Balaban J connectivity index is 0.00000602. The van der Waals surface area contributed by atoms with Gasteiger partial charge in [-0.05, 0) is 140 Å². The summed E-state index contributed by atoms with van der Waals surface area (Å²) in [6, 6.07) is 21.6. The molecule has 4 atom stereocenters. The first kappa shape index (κ1) is 70.3. The van der Waals surface area contributed by atoms with Gasteiger partial charge in [0, 0.05) is 37.4 Å². The zero-order valence-corrected chi connectivity index (χ0v) is 50.4. The van der Waals surface area contributed by atoms with Gasteiger partial charge < -0.3 is 45.5 Å². The van der Waals surface area contributed by atoms with Crippen molar-refractivity contribution in [2.24, 2.45) is 11.3 Å². The fourth-order valence-corrected chi connectivity index (χ4v) is 7.46. The molecular weight excluding hydrogens is 1130 g/mol. The number of esters is 3. The van der Waals surface area contributed by atoms with Crippen LogP contribution >= 0.6 is 22.6 Å². The minimum atomic E-state index is -1.10. The van der Waals surface area contributed by atoms with Crippen molar-refractivity contribution in [3.05, 3.63) is 102 Å². The van der Waals surface area contributed by atoms with Crippen molar-refractivity contribution in [1.29, 1.82) is 0 Å². The van der Waals surface area contributed by atoms with Crippen LogP contribution in [0.3, 0.4) is 0 Å². The third-order valence-electron chi connectivity index (χ3n) is 11.0. The molecule has 0 aromatic heterocycles. The van der Waals surface area contributed by atoms with Crippen LogP contribution in [0.15, 0.2) is 84.9 Å². The molecule has 20 heteroatoms. The Morgan fingerprint density at radius 2 is 1.11 bits per heavy atom. The summed E-state index contributed by atoms with van der Waals surface area (Å²) in [5.74, 6) is -3.81. The van der Waals surface area contributed by atoms with Crippen LogP contribution in [0, 0.1) is 11.3 Å². The lowest BCUT2D eigenvalue weighted by Gasteiger charge is -2.32. The molecule has 0 saturated carbocycles. The molecule has 0 unspecified atom stereocenters. The number of halogens is 1. The molecule has 5 amide bonds. The maximum absolute atomic E-state index is 13.6. The van der Waals surface area contributed by atoms with E-state index in [-0.39, 0.29) is 67.9 Å². The standard InChI is InChI=1S/C57H81N5O12.CH3I.CO2/c1-54(2,3)46(62-53(70)61-44(52(69)74-57(10,11)12)30-31-48(65)72-55(4,5)6)25-19-20-32-58-50(67)45(34-38-21-15-13-16-22-38)60-47(64)37-71-43-28-26-39(27-29-43)33-41(51(68)73-56(7,8)9)35-42(63)36-59-49(66)40-23-17-14-18-24-40;1-2;2-1-3/h13-18,21-24,26-29,41,44-46H,19-20,25,30-37H2,1-12H3,(H,58,67)(H,59,66)(H,60,64)(H2,61,62,70);1H3;/t41-,44+,45+,46+;;/m1../s1. The molecule has 19 nitrogen and oxygen atoms in total. The van der Waals surface area contributed by atoms with E-state index < -0.39 is 77.2 Å². The maximum Gasteiger partial charge on any atom is 0.373 e.